The van der Waals surface area contributed by atoms with E-state index in [0.717, 1.165) is 0 Å². The van der Waals surface area contributed by atoms with E-state index in [9.17, 15) is 0 Å². The molecule has 0 saturated heterocycles. The average molecular weight is 347 g/mol. The van der Waals surface area contributed by atoms with E-state index in [4.69, 9.17) is 0 Å². The number of rotatable bonds is 1. The van der Waals surface area contributed by atoms with Crippen LogP contribution in [-0.4, -0.2) is 7.74 Å². The van der Waals surface area contributed by atoms with Crippen LogP contribution in [0.25, 0.3) is 0 Å². The molecule has 0 aromatic heterocycles. The average Bonchev–Trinajstić information content (AvgIpc) is 2.06. The molecule has 1 rings (SSSR count). The standard InChI is InChI=1S/C8H11PSi.Ta/c1-10(2,9)8-6-4-3-5-7-8;/h3-7H,1-2H3;/q+1;. The molecule has 0 saturated carbocycles. The van der Waals surface area contributed by atoms with Gasteiger partial charge in [-0.2, -0.15) is 0 Å². The molecular formula is C8H11PSiTa+. The molecule has 0 heterocycles. The Morgan fingerprint density at radius 1 is 1.18 bits per heavy atom. The molecule has 1 aromatic rings. The molecule has 0 aliphatic rings. The zero-order valence-corrected chi connectivity index (χ0v) is 11.9. The summed E-state index contributed by atoms with van der Waals surface area (Å²) >= 11 is 1.51. The first-order chi connectivity index (χ1) is 5.17. The molecule has 0 aliphatic heterocycles. The summed E-state index contributed by atoms with van der Waals surface area (Å²) < 4.78 is 0. The second kappa shape index (κ2) is 4.02. The first-order valence-corrected chi connectivity index (χ1v) is 12.6. The van der Waals surface area contributed by atoms with E-state index in [1.807, 2.05) is 0 Å². The third kappa shape index (κ3) is 2.53. The topological polar surface area (TPSA) is 0 Å². The van der Waals surface area contributed by atoms with Crippen LogP contribution in [0.5, 0.6) is 0 Å². The SMILES string of the molecule is C[Si](C)([P+]#[Ta])c1ccccc1. The molecule has 0 spiro atoms. The predicted octanol–water partition coefficient (Wildman–Crippen LogP) is 2.51. The van der Waals surface area contributed by atoms with Crippen LogP contribution >= 0.6 is 5.33 Å². The second-order valence-electron chi connectivity index (χ2n) is 3.03. The van der Waals surface area contributed by atoms with Crippen molar-refractivity contribution in [2.24, 2.45) is 0 Å². The van der Waals surface area contributed by atoms with E-state index in [-0.39, 0.29) is 0 Å². The first kappa shape index (κ1) is 9.69. The fourth-order valence-electron chi connectivity index (χ4n) is 0.904. The molecule has 11 heavy (non-hydrogen) atoms. The van der Waals surface area contributed by atoms with Gasteiger partial charge in [-0.05, 0) is 0 Å². The molecule has 0 N–H and O–H groups in total. The first-order valence-electron chi connectivity index (χ1n) is 3.58. The minimum absolute atomic E-state index is 1.03. The van der Waals surface area contributed by atoms with Gasteiger partial charge in [0.05, 0.1) is 0 Å². The van der Waals surface area contributed by atoms with Gasteiger partial charge in [0, 0.05) is 0 Å². The summed E-state index contributed by atoms with van der Waals surface area (Å²) in [6, 6.07) is 10.9. The Hall–Kier alpha value is 0.607. The number of hydrogen-bond acceptors (Lipinski definition) is 0. The maximum atomic E-state index is 2.43. The Bertz CT molecular complexity index is 276. The van der Waals surface area contributed by atoms with Crippen molar-refractivity contribution >= 4 is 18.3 Å². The Balaban J connectivity index is 3.05. The van der Waals surface area contributed by atoms with Crippen molar-refractivity contribution in [3.05, 3.63) is 30.3 Å². The summed E-state index contributed by atoms with van der Waals surface area (Å²) in [6.45, 7) is 4.87. The van der Waals surface area contributed by atoms with Crippen molar-refractivity contribution in [3.63, 3.8) is 0 Å². The van der Waals surface area contributed by atoms with Crippen molar-refractivity contribution in [1.82, 2.24) is 0 Å². The zero-order chi connectivity index (χ0) is 8.32. The van der Waals surface area contributed by atoms with Gasteiger partial charge in [-0.25, -0.2) is 0 Å². The molecule has 3 heteroatoms. The van der Waals surface area contributed by atoms with Crippen LogP contribution in [0.3, 0.4) is 0 Å². The van der Waals surface area contributed by atoms with E-state index in [2.05, 4.69) is 43.4 Å². The Labute approximate surface area is 81.3 Å². The van der Waals surface area contributed by atoms with E-state index in [1.54, 1.807) is 10.5 Å². The Kier molecular flexibility index (Phi) is 3.54. The maximum absolute atomic E-state index is 2.43. The van der Waals surface area contributed by atoms with Crippen molar-refractivity contribution < 1.29 is 19.8 Å². The van der Waals surface area contributed by atoms with Crippen molar-refractivity contribution in [2.45, 2.75) is 13.1 Å². The fourth-order valence-corrected chi connectivity index (χ4v) is 6.55. The van der Waals surface area contributed by atoms with Crippen molar-refractivity contribution in [2.75, 3.05) is 0 Å². The van der Waals surface area contributed by atoms with Crippen LogP contribution < -0.4 is 5.19 Å². The van der Waals surface area contributed by atoms with Crippen LogP contribution in [0.2, 0.25) is 13.1 Å². The summed E-state index contributed by atoms with van der Waals surface area (Å²) in [5.41, 5.74) is 0. The van der Waals surface area contributed by atoms with Gasteiger partial charge in [-0.15, -0.1) is 0 Å². The van der Waals surface area contributed by atoms with E-state index in [1.165, 1.54) is 19.8 Å². The summed E-state index contributed by atoms with van der Waals surface area (Å²) in [5, 5.41) is 3.26. The van der Waals surface area contributed by atoms with Gasteiger partial charge in [-0.1, -0.05) is 0 Å². The summed E-state index contributed by atoms with van der Waals surface area (Å²) in [4.78, 5) is 0. The fraction of sp³-hybridized carbons (Fsp3) is 0.250. The van der Waals surface area contributed by atoms with Crippen LogP contribution in [-0.2, 0) is 19.8 Å². The van der Waals surface area contributed by atoms with Crippen LogP contribution in [0, 0.1) is 0 Å². The van der Waals surface area contributed by atoms with E-state index < -0.39 is 7.74 Å². The molecular weight excluding hydrogens is 336 g/mol. The second-order valence-corrected chi connectivity index (χ2v) is 17.3. The van der Waals surface area contributed by atoms with E-state index in [0.29, 0.717) is 0 Å². The molecule has 0 aliphatic carbocycles. The van der Waals surface area contributed by atoms with Gasteiger partial charge < -0.3 is 0 Å². The summed E-state index contributed by atoms with van der Waals surface area (Å²) in [7, 11) is -1.03. The number of benzene rings is 1. The van der Waals surface area contributed by atoms with E-state index >= 15 is 0 Å². The molecule has 0 radical (unpaired) electrons. The molecule has 0 amide bonds. The third-order valence-electron chi connectivity index (χ3n) is 1.73. The van der Waals surface area contributed by atoms with Crippen LogP contribution in [0.15, 0.2) is 30.3 Å². The van der Waals surface area contributed by atoms with Crippen LogP contribution in [0.4, 0.5) is 0 Å². The van der Waals surface area contributed by atoms with Gasteiger partial charge >= 0.3 is 81.5 Å². The van der Waals surface area contributed by atoms with Crippen molar-refractivity contribution in [1.29, 1.82) is 0 Å². The quantitative estimate of drug-likeness (QED) is 0.541. The Morgan fingerprint density at radius 2 is 1.73 bits per heavy atom. The van der Waals surface area contributed by atoms with Gasteiger partial charge in [0.1, 0.15) is 0 Å². The molecule has 0 nitrogen and oxygen atoms in total. The third-order valence-corrected chi connectivity index (χ3v) is 22.4. The molecule has 0 unspecified atom stereocenters. The van der Waals surface area contributed by atoms with Crippen LogP contribution in [0.1, 0.15) is 0 Å². The molecule has 0 fully saturated rings. The molecule has 56 valence electrons. The Morgan fingerprint density at radius 3 is 2.18 bits per heavy atom. The molecule has 1 aromatic carbocycles. The van der Waals surface area contributed by atoms with Crippen molar-refractivity contribution in [3.8, 4) is 0 Å². The zero-order valence-electron chi connectivity index (χ0n) is 6.78. The molecule has 0 atom stereocenters. The summed E-state index contributed by atoms with van der Waals surface area (Å²) in [5.74, 6) is 0. The number of hydrogen-bond donors (Lipinski definition) is 0. The monoisotopic (exact) mass is 347 g/mol. The van der Waals surface area contributed by atoms with Gasteiger partial charge in [0.25, 0.3) is 0 Å². The normalized spacial score (nSPS) is 11.0. The van der Waals surface area contributed by atoms with Gasteiger partial charge in [-0.3, -0.25) is 0 Å². The summed E-state index contributed by atoms with van der Waals surface area (Å²) in [6.07, 6.45) is 0. The van der Waals surface area contributed by atoms with Gasteiger partial charge in [0.2, 0.25) is 0 Å². The van der Waals surface area contributed by atoms with Gasteiger partial charge in [0.15, 0.2) is 0 Å². The predicted molar refractivity (Wildman–Crippen MR) is 50.5 cm³/mol. The molecule has 0 bridgehead atoms. The minimum atomic E-state index is -1.03.